The number of hydrogen-bond acceptors (Lipinski definition) is 4. The van der Waals surface area contributed by atoms with Crippen LogP contribution in [0.4, 0.5) is 22.9 Å². The molecule has 5 nitrogen and oxygen atoms in total. The summed E-state index contributed by atoms with van der Waals surface area (Å²) in [6.45, 7) is 0. The number of nitrogens with two attached hydrogens (primary N) is 1. The first kappa shape index (κ1) is 10.4. The van der Waals surface area contributed by atoms with Crippen LogP contribution in [-0.4, -0.2) is 24.3 Å². The van der Waals surface area contributed by atoms with Crippen molar-refractivity contribution < 1.29 is 0 Å². The van der Waals surface area contributed by atoms with Crippen LogP contribution in [0.15, 0.2) is 30.5 Å². The molecule has 2 rings (SSSR count). The van der Waals surface area contributed by atoms with Gasteiger partial charge in [-0.2, -0.15) is 5.10 Å². The third kappa shape index (κ3) is 2.08. The summed E-state index contributed by atoms with van der Waals surface area (Å²) in [4.78, 5) is 2.05. The van der Waals surface area contributed by atoms with E-state index in [9.17, 15) is 0 Å². The first-order chi connectivity index (χ1) is 7.66. The predicted octanol–water partition coefficient (Wildman–Crippen LogP) is 1.80. The van der Waals surface area contributed by atoms with E-state index in [0.29, 0.717) is 5.82 Å². The Bertz CT molecular complexity index is 457. The molecule has 1 heterocycles. The fraction of sp³-hybridized carbons (Fsp3) is 0.182. The van der Waals surface area contributed by atoms with Crippen molar-refractivity contribution in [2.75, 3.05) is 30.0 Å². The van der Waals surface area contributed by atoms with Gasteiger partial charge in [0.15, 0.2) is 0 Å². The largest absolute Gasteiger partial charge is 0.382 e. The van der Waals surface area contributed by atoms with Gasteiger partial charge < -0.3 is 16.0 Å². The summed E-state index contributed by atoms with van der Waals surface area (Å²) >= 11 is 0. The van der Waals surface area contributed by atoms with Crippen LogP contribution in [0.5, 0.6) is 0 Å². The number of nitrogen functional groups attached to an aromatic ring is 1. The molecule has 0 saturated heterocycles. The molecule has 0 aliphatic carbocycles. The van der Waals surface area contributed by atoms with Crippen LogP contribution >= 0.6 is 0 Å². The molecule has 0 unspecified atom stereocenters. The van der Waals surface area contributed by atoms with Gasteiger partial charge in [-0.3, -0.25) is 5.10 Å². The summed E-state index contributed by atoms with van der Waals surface area (Å²) in [5.41, 5.74) is 8.61. The molecular weight excluding hydrogens is 202 g/mol. The van der Waals surface area contributed by atoms with E-state index in [1.807, 2.05) is 38.4 Å². The molecule has 1 aromatic carbocycles. The smallest absolute Gasteiger partial charge is 0.143 e. The van der Waals surface area contributed by atoms with Crippen molar-refractivity contribution in [2.24, 2.45) is 0 Å². The van der Waals surface area contributed by atoms with Crippen molar-refractivity contribution in [3.8, 4) is 0 Å². The molecule has 1 aromatic heterocycles. The van der Waals surface area contributed by atoms with Crippen molar-refractivity contribution in [1.82, 2.24) is 10.2 Å². The van der Waals surface area contributed by atoms with E-state index in [2.05, 4.69) is 20.4 Å². The first-order valence-electron chi connectivity index (χ1n) is 5.00. The van der Waals surface area contributed by atoms with Gasteiger partial charge in [0.05, 0.1) is 6.20 Å². The molecule has 0 aliphatic heterocycles. The van der Waals surface area contributed by atoms with Crippen molar-refractivity contribution >= 4 is 22.9 Å². The number of H-pyrrole nitrogens is 1. The van der Waals surface area contributed by atoms with E-state index in [1.165, 1.54) is 0 Å². The Morgan fingerprint density at radius 3 is 2.44 bits per heavy atom. The summed E-state index contributed by atoms with van der Waals surface area (Å²) < 4.78 is 0. The Balaban J connectivity index is 2.14. The lowest BCUT2D eigenvalue weighted by molar-refractivity contribution is 1.10. The van der Waals surface area contributed by atoms with Crippen LogP contribution in [0.2, 0.25) is 0 Å². The Morgan fingerprint density at radius 2 is 1.94 bits per heavy atom. The van der Waals surface area contributed by atoms with Gasteiger partial charge >= 0.3 is 0 Å². The average Bonchev–Trinajstić information content (AvgIpc) is 2.65. The molecule has 2 aromatic rings. The average molecular weight is 217 g/mol. The topological polar surface area (TPSA) is 70.0 Å². The lowest BCUT2D eigenvalue weighted by Gasteiger charge is -2.13. The highest BCUT2D eigenvalue weighted by molar-refractivity contribution is 5.69. The Labute approximate surface area is 94.3 Å². The van der Waals surface area contributed by atoms with Gasteiger partial charge in [0.25, 0.3) is 0 Å². The summed E-state index contributed by atoms with van der Waals surface area (Å²) in [7, 11) is 4.02. The zero-order valence-corrected chi connectivity index (χ0v) is 9.36. The fourth-order valence-corrected chi connectivity index (χ4v) is 1.39. The van der Waals surface area contributed by atoms with Gasteiger partial charge in [0.1, 0.15) is 11.5 Å². The maximum absolute atomic E-state index is 5.68. The maximum Gasteiger partial charge on any atom is 0.143 e. The Hall–Kier alpha value is -2.17. The number of anilines is 4. The molecule has 0 fully saturated rings. The van der Waals surface area contributed by atoms with Crippen molar-refractivity contribution in [1.29, 1.82) is 0 Å². The second kappa shape index (κ2) is 4.14. The third-order valence-corrected chi connectivity index (χ3v) is 2.33. The van der Waals surface area contributed by atoms with Crippen molar-refractivity contribution in [2.45, 2.75) is 0 Å². The number of aromatic nitrogens is 2. The molecule has 0 bridgehead atoms. The Morgan fingerprint density at radius 1 is 1.25 bits per heavy atom. The fourth-order valence-electron chi connectivity index (χ4n) is 1.39. The quantitative estimate of drug-likeness (QED) is 0.733. The minimum Gasteiger partial charge on any atom is -0.382 e. The van der Waals surface area contributed by atoms with Gasteiger partial charge in [0, 0.05) is 25.5 Å². The highest BCUT2D eigenvalue weighted by Crippen LogP contribution is 2.22. The van der Waals surface area contributed by atoms with E-state index in [-0.39, 0.29) is 0 Å². The molecular formula is C11H15N5. The van der Waals surface area contributed by atoms with Crippen molar-refractivity contribution in [3.63, 3.8) is 0 Å². The van der Waals surface area contributed by atoms with E-state index >= 15 is 0 Å². The van der Waals surface area contributed by atoms with Crippen molar-refractivity contribution in [3.05, 3.63) is 30.5 Å². The van der Waals surface area contributed by atoms with E-state index < -0.39 is 0 Å². The number of rotatable bonds is 3. The van der Waals surface area contributed by atoms with Crippen LogP contribution in [0, 0.1) is 0 Å². The van der Waals surface area contributed by atoms with E-state index in [4.69, 9.17) is 5.73 Å². The van der Waals surface area contributed by atoms with Gasteiger partial charge in [-0.15, -0.1) is 0 Å². The van der Waals surface area contributed by atoms with Crippen LogP contribution < -0.4 is 16.0 Å². The minimum atomic E-state index is 0.539. The molecule has 0 radical (unpaired) electrons. The molecule has 5 heteroatoms. The van der Waals surface area contributed by atoms with Gasteiger partial charge in [-0.05, 0) is 24.3 Å². The highest BCUT2D eigenvalue weighted by Gasteiger charge is 2.01. The zero-order valence-electron chi connectivity index (χ0n) is 9.36. The number of nitrogens with zero attached hydrogens (tertiary/aromatic N) is 2. The first-order valence-corrected chi connectivity index (χ1v) is 5.00. The summed E-state index contributed by atoms with van der Waals surface area (Å²) in [6.07, 6.45) is 1.66. The standard InChI is InChI=1S/C11H15N5/c1-16(2)9-5-3-8(4-6-9)14-10-7-13-15-11(10)12/h3-7,14H,1-2H3,(H3,12,13,15). The summed E-state index contributed by atoms with van der Waals surface area (Å²) in [5, 5.41) is 9.70. The van der Waals surface area contributed by atoms with E-state index in [1.54, 1.807) is 6.20 Å². The predicted molar refractivity (Wildman–Crippen MR) is 67.1 cm³/mol. The molecule has 4 N–H and O–H groups in total. The van der Waals surface area contributed by atoms with Gasteiger partial charge in [0.2, 0.25) is 0 Å². The molecule has 0 aliphatic rings. The minimum absolute atomic E-state index is 0.539. The summed E-state index contributed by atoms with van der Waals surface area (Å²) in [6, 6.07) is 8.08. The maximum atomic E-state index is 5.68. The highest BCUT2D eigenvalue weighted by atomic mass is 15.2. The van der Waals surface area contributed by atoms with Gasteiger partial charge in [-0.1, -0.05) is 0 Å². The third-order valence-electron chi connectivity index (χ3n) is 2.33. The number of hydrogen-bond donors (Lipinski definition) is 3. The lowest BCUT2D eigenvalue weighted by Crippen LogP contribution is -2.08. The molecule has 0 saturated carbocycles. The zero-order chi connectivity index (χ0) is 11.5. The molecule has 84 valence electrons. The second-order valence-corrected chi connectivity index (χ2v) is 3.76. The monoisotopic (exact) mass is 217 g/mol. The summed E-state index contributed by atoms with van der Waals surface area (Å²) in [5.74, 6) is 0.539. The SMILES string of the molecule is CN(C)c1ccc(Nc2cn[nH]c2N)cc1. The van der Waals surface area contributed by atoms with Gasteiger partial charge in [-0.25, -0.2) is 0 Å². The normalized spacial score (nSPS) is 10.1. The number of aromatic amines is 1. The molecule has 16 heavy (non-hydrogen) atoms. The number of nitrogens with one attached hydrogen (secondary N) is 2. The lowest BCUT2D eigenvalue weighted by atomic mass is 10.2. The van der Waals surface area contributed by atoms with Crippen LogP contribution in [0.3, 0.4) is 0 Å². The Kier molecular flexibility index (Phi) is 2.68. The second-order valence-electron chi connectivity index (χ2n) is 3.76. The molecule has 0 spiro atoms. The van der Waals surface area contributed by atoms with Crippen LogP contribution in [0.25, 0.3) is 0 Å². The molecule has 0 amide bonds. The van der Waals surface area contributed by atoms with E-state index in [0.717, 1.165) is 17.1 Å². The molecule has 0 atom stereocenters. The van der Waals surface area contributed by atoms with Crippen LogP contribution in [-0.2, 0) is 0 Å². The number of benzene rings is 1. The van der Waals surface area contributed by atoms with Crippen LogP contribution in [0.1, 0.15) is 0 Å².